The van der Waals surface area contributed by atoms with Crippen LogP contribution in [0.2, 0.25) is 0 Å². The Labute approximate surface area is 125 Å². The van der Waals surface area contributed by atoms with Crippen LogP contribution in [0.15, 0.2) is 0 Å². The Morgan fingerprint density at radius 2 is 0.684 bits per heavy atom. The van der Waals surface area contributed by atoms with Crippen molar-refractivity contribution in [3.8, 4) is 31.9 Å². The molecule has 0 aliphatic carbocycles. The van der Waals surface area contributed by atoms with Gasteiger partial charge in [-0.2, -0.15) is 0 Å². The van der Waals surface area contributed by atoms with Gasteiger partial charge in [0, 0.05) is 0 Å². The van der Waals surface area contributed by atoms with E-state index in [9.17, 15) is 0 Å². The Balaban J connectivity index is 5.30. The summed E-state index contributed by atoms with van der Waals surface area (Å²) in [4.78, 5) is 0. The maximum absolute atomic E-state index is 3.35. The van der Waals surface area contributed by atoms with Gasteiger partial charge in [-0.15, -0.1) is 0 Å². The predicted molar refractivity (Wildman–Crippen MR) is 87.4 cm³/mol. The molecule has 0 spiro atoms. The summed E-state index contributed by atoms with van der Waals surface area (Å²) in [6.07, 6.45) is 0. The topological polar surface area (TPSA) is 0 Å². The zero-order valence-electron chi connectivity index (χ0n) is 13.9. The van der Waals surface area contributed by atoms with Crippen molar-refractivity contribution in [3.63, 3.8) is 0 Å². The molecular formula is C18H27As. The van der Waals surface area contributed by atoms with E-state index in [2.05, 4.69) is 94.2 Å². The Kier molecular flexibility index (Phi) is 6.34. The molecule has 0 saturated heterocycles. The molecule has 0 aromatic heterocycles. The molecule has 0 radical (unpaired) electrons. The zero-order chi connectivity index (χ0) is 15.3. The van der Waals surface area contributed by atoms with Gasteiger partial charge in [-0.05, 0) is 0 Å². The van der Waals surface area contributed by atoms with Crippen LogP contribution in [0.5, 0.6) is 0 Å². The zero-order valence-corrected chi connectivity index (χ0v) is 15.8. The average molecular weight is 318 g/mol. The first-order valence-corrected chi connectivity index (χ1v) is 9.49. The third-order valence-corrected chi connectivity index (χ3v) is 3.74. The first-order valence-electron chi connectivity index (χ1n) is 6.67. The minimum atomic E-state index is -1.69. The predicted octanol–water partition coefficient (Wildman–Crippen LogP) is 4.25. The van der Waals surface area contributed by atoms with Crippen LogP contribution >= 0.6 is 0 Å². The van der Waals surface area contributed by atoms with Gasteiger partial charge in [0.25, 0.3) is 0 Å². The molecular weight excluding hydrogens is 291 g/mol. The van der Waals surface area contributed by atoms with Gasteiger partial charge < -0.3 is 0 Å². The normalized spacial score (nSPS) is 11.7. The summed E-state index contributed by atoms with van der Waals surface area (Å²) in [5, 5.41) is 0. The van der Waals surface area contributed by atoms with Crippen LogP contribution in [0.1, 0.15) is 62.3 Å². The standard InChI is InChI=1S/C18H27As/c1-16(2,3)10-13-19(14-11-17(4,5)6)15-12-18(7,8)9/h1-9H3. The molecule has 0 rings (SSSR count). The SMILES string of the molecule is CC(C)(C)C#C[As](C#CC(C)(C)C)C#CC(C)(C)C. The van der Waals surface area contributed by atoms with Crippen molar-refractivity contribution in [2.24, 2.45) is 16.2 Å². The summed E-state index contributed by atoms with van der Waals surface area (Å²) in [5.74, 6) is 9.91. The van der Waals surface area contributed by atoms with Crippen molar-refractivity contribution >= 4 is 14.7 Å². The van der Waals surface area contributed by atoms with Crippen molar-refractivity contribution in [2.75, 3.05) is 0 Å². The van der Waals surface area contributed by atoms with Crippen molar-refractivity contribution < 1.29 is 0 Å². The summed E-state index contributed by atoms with van der Waals surface area (Å²) in [6, 6.07) is 0. The van der Waals surface area contributed by atoms with E-state index in [1.807, 2.05) is 0 Å². The van der Waals surface area contributed by atoms with Crippen LogP contribution in [0.4, 0.5) is 0 Å². The summed E-state index contributed by atoms with van der Waals surface area (Å²) in [6.45, 7) is 19.1. The maximum atomic E-state index is 3.35. The first-order chi connectivity index (χ1) is 8.29. The quantitative estimate of drug-likeness (QED) is 0.463. The molecule has 104 valence electrons. The molecule has 0 heterocycles. The fraction of sp³-hybridized carbons (Fsp3) is 0.667. The van der Waals surface area contributed by atoms with E-state index < -0.39 is 14.7 Å². The van der Waals surface area contributed by atoms with E-state index >= 15 is 0 Å². The van der Waals surface area contributed by atoms with E-state index in [0.717, 1.165) is 0 Å². The van der Waals surface area contributed by atoms with E-state index in [-0.39, 0.29) is 16.2 Å². The van der Waals surface area contributed by atoms with Gasteiger partial charge in [0.2, 0.25) is 0 Å². The van der Waals surface area contributed by atoms with Crippen molar-refractivity contribution in [1.29, 1.82) is 0 Å². The van der Waals surface area contributed by atoms with Gasteiger partial charge in [-0.3, -0.25) is 0 Å². The molecule has 0 N–H and O–H groups in total. The number of hydrogen-bond donors (Lipinski definition) is 0. The second-order valence-electron chi connectivity index (χ2n) is 7.80. The van der Waals surface area contributed by atoms with Crippen LogP contribution in [-0.4, -0.2) is 14.7 Å². The van der Waals surface area contributed by atoms with Gasteiger partial charge in [0.1, 0.15) is 0 Å². The molecule has 0 aliphatic rings. The Morgan fingerprint density at radius 3 is 0.842 bits per heavy atom. The fourth-order valence-corrected chi connectivity index (χ4v) is 3.92. The molecule has 0 unspecified atom stereocenters. The fourth-order valence-electron chi connectivity index (χ4n) is 0.755. The molecule has 0 atom stereocenters. The molecule has 0 aromatic rings. The van der Waals surface area contributed by atoms with E-state index in [1.54, 1.807) is 0 Å². The van der Waals surface area contributed by atoms with Gasteiger partial charge in [-0.25, -0.2) is 0 Å². The number of hydrogen-bond acceptors (Lipinski definition) is 0. The summed E-state index contributed by atoms with van der Waals surface area (Å²) in [7, 11) is 0. The van der Waals surface area contributed by atoms with Gasteiger partial charge >= 0.3 is 125 Å². The second kappa shape index (κ2) is 6.60. The van der Waals surface area contributed by atoms with Crippen molar-refractivity contribution in [3.05, 3.63) is 0 Å². The van der Waals surface area contributed by atoms with E-state index in [1.165, 1.54) is 0 Å². The van der Waals surface area contributed by atoms with Crippen LogP contribution in [-0.2, 0) is 0 Å². The molecule has 0 nitrogen and oxygen atoms in total. The summed E-state index contributed by atoms with van der Waals surface area (Å²) < 4.78 is 10.1. The Hall–Kier alpha value is -0.762. The van der Waals surface area contributed by atoms with Crippen LogP contribution in [0.25, 0.3) is 0 Å². The van der Waals surface area contributed by atoms with Crippen molar-refractivity contribution in [1.82, 2.24) is 0 Å². The van der Waals surface area contributed by atoms with Crippen LogP contribution < -0.4 is 0 Å². The molecule has 0 aromatic carbocycles. The molecule has 1 heteroatoms. The average Bonchev–Trinajstić information content (AvgIpc) is 2.11. The van der Waals surface area contributed by atoms with Gasteiger partial charge in [0.05, 0.1) is 0 Å². The second-order valence-corrected chi connectivity index (χ2v) is 10.6. The van der Waals surface area contributed by atoms with Crippen molar-refractivity contribution in [2.45, 2.75) is 62.3 Å². The van der Waals surface area contributed by atoms with Gasteiger partial charge in [-0.1, -0.05) is 0 Å². The van der Waals surface area contributed by atoms with E-state index in [4.69, 9.17) is 0 Å². The molecule has 0 amide bonds. The molecule has 19 heavy (non-hydrogen) atoms. The van der Waals surface area contributed by atoms with E-state index in [0.29, 0.717) is 0 Å². The molecule has 0 aliphatic heterocycles. The Bertz CT molecular complexity index is 394. The molecule has 0 fully saturated rings. The van der Waals surface area contributed by atoms with Crippen LogP contribution in [0, 0.1) is 48.1 Å². The van der Waals surface area contributed by atoms with Crippen LogP contribution in [0.3, 0.4) is 0 Å². The Morgan fingerprint density at radius 1 is 0.474 bits per heavy atom. The minimum absolute atomic E-state index is 0.0276. The summed E-state index contributed by atoms with van der Waals surface area (Å²) in [5.41, 5.74) is 0.0828. The first kappa shape index (κ1) is 18.2. The monoisotopic (exact) mass is 318 g/mol. The molecule has 0 saturated carbocycles. The van der Waals surface area contributed by atoms with Gasteiger partial charge in [0.15, 0.2) is 0 Å². The third-order valence-electron chi connectivity index (χ3n) is 1.63. The molecule has 0 bridgehead atoms. The third kappa shape index (κ3) is 13.5. The summed E-state index contributed by atoms with van der Waals surface area (Å²) >= 11 is -1.69. The number of rotatable bonds is 0.